The fraction of sp³-hybridized carbons (Fsp3) is 0.632. The summed E-state index contributed by atoms with van der Waals surface area (Å²) in [6, 6.07) is 5.07. The van der Waals surface area contributed by atoms with Crippen molar-refractivity contribution in [3.63, 3.8) is 0 Å². The number of carbonyl (C=O) groups excluding carboxylic acids is 1. The summed E-state index contributed by atoms with van der Waals surface area (Å²) in [6.45, 7) is 6.83. The summed E-state index contributed by atoms with van der Waals surface area (Å²) in [5.74, 6) is 0.213. The topological polar surface area (TPSA) is 82.1 Å². The number of nitrogens with zero attached hydrogens (tertiary/aromatic N) is 1. The first-order valence-electron chi connectivity index (χ1n) is 9.25. The Morgan fingerprint density at radius 2 is 2.07 bits per heavy atom. The van der Waals surface area contributed by atoms with Crippen LogP contribution in [-0.2, 0) is 26.2 Å². The molecule has 1 aliphatic rings. The molecule has 0 unspecified atom stereocenters. The van der Waals surface area contributed by atoms with Gasteiger partial charge in [0.2, 0.25) is 5.91 Å². The second kappa shape index (κ2) is 9.41. The molecule has 1 aliphatic heterocycles. The summed E-state index contributed by atoms with van der Waals surface area (Å²) in [4.78, 5) is 14.4. The van der Waals surface area contributed by atoms with Gasteiger partial charge in [0.25, 0.3) is 0 Å². The van der Waals surface area contributed by atoms with Gasteiger partial charge in [-0.2, -0.15) is 8.42 Å². The van der Waals surface area contributed by atoms with Crippen LogP contribution < -0.4 is 8.92 Å². The predicted molar refractivity (Wildman–Crippen MR) is 102 cm³/mol. The summed E-state index contributed by atoms with van der Waals surface area (Å²) in [6.07, 6.45) is 1.99. The molecule has 7 nitrogen and oxygen atoms in total. The lowest BCUT2D eigenvalue weighted by molar-refractivity contribution is -0.136. The van der Waals surface area contributed by atoms with Crippen LogP contribution in [0.5, 0.6) is 11.5 Å². The molecule has 1 heterocycles. The summed E-state index contributed by atoms with van der Waals surface area (Å²) < 4.78 is 39.7. The van der Waals surface area contributed by atoms with Crippen LogP contribution in [0.15, 0.2) is 18.2 Å². The number of hydrogen-bond acceptors (Lipinski definition) is 6. The van der Waals surface area contributed by atoms with Gasteiger partial charge in [-0.05, 0) is 37.5 Å². The summed E-state index contributed by atoms with van der Waals surface area (Å²) in [5, 5.41) is 0. The fourth-order valence-corrected chi connectivity index (χ4v) is 3.45. The maximum atomic E-state index is 12.6. The van der Waals surface area contributed by atoms with E-state index < -0.39 is 10.1 Å². The molecule has 152 valence electrons. The highest BCUT2D eigenvalue weighted by atomic mass is 32.2. The van der Waals surface area contributed by atoms with E-state index in [9.17, 15) is 13.2 Å². The van der Waals surface area contributed by atoms with Crippen LogP contribution >= 0.6 is 0 Å². The molecule has 0 aromatic heterocycles. The number of benzene rings is 1. The maximum Gasteiger partial charge on any atom is 0.309 e. The van der Waals surface area contributed by atoms with Crippen LogP contribution in [0.3, 0.4) is 0 Å². The SMILES string of the molecule is CCS(=O)(=O)Oc1cc(CN(C[C@@H]2CCCO2)C(=O)C(C)C)ccc1OC. The molecular formula is C19H29NO6S. The molecular weight excluding hydrogens is 370 g/mol. The first kappa shape index (κ1) is 21.5. The van der Waals surface area contributed by atoms with Crippen molar-refractivity contribution >= 4 is 16.0 Å². The van der Waals surface area contributed by atoms with Crippen LogP contribution in [0, 0.1) is 5.92 Å². The Hall–Kier alpha value is -1.80. The van der Waals surface area contributed by atoms with E-state index in [1.807, 2.05) is 13.8 Å². The highest BCUT2D eigenvalue weighted by Crippen LogP contribution is 2.30. The molecule has 0 aliphatic carbocycles. The van der Waals surface area contributed by atoms with Gasteiger partial charge in [-0.1, -0.05) is 19.9 Å². The second-order valence-electron chi connectivity index (χ2n) is 6.92. The zero-order valence-electron chi connectivity index (χ0n) is 16.4. The Labute approximate surface area is 161 Å². The molecule has 1 aromatic carbocycles. The molecule has 1 aromatic rings. The molecule has 8 heteroatoms. The van der Waals surface area contributed by atoms with Crippen LogP contribution in [0.1, 0.15) is 39.2 Å². The van der Waals surface area contributed by atoms with Gasteiger partial charge in [-0.25, -0.2) is 0 Å². The quantitative estimate of drug-likeness (QED) is 0.594. The van der Waals surface area contributed by atoms with E-state index in [1.54, 1.807) is 23.1 Å². The van der Waals surface area contributed by atoms with Crippen molar-refractivity contribution in [3.05, 3.63) is 23.8 Å². The number of hydrogen-bond donors (Lipinski definition) is 0. The lowest BCUT2D eigenvalue weighted by atomic mass is 10.1. The molecule has 1 saturated heterocycles. The summed E-state index contributed by atoms with van der Waals surface area (Å²) in [5.41, 5.74) is 0.768. The Morgan fingerprint density at radius 1 is 1.33 bits per heavy atom. The third-order valence-electron chi connectivity index (χ3n) is 4.43. The maximum absolute atomic E-state index is 12.6. The molecule has 0 radical (unpaired) electrons. The van der Waals surface area contributed by atoms with Gasteiger partial charge in [0, 0.05) is 25.6 Å². The van der Waals surface area contributed by atoms with Crippen molar-refractivity contribution in [1.82, 2.24) is 4.90 Å². The number of rotatable bonds is 9. The van der Waals surface area contributed by atoms with Gasteiger partial charge in [0.15, 0.2) is 11.5 Å². The average Bonchev–Trinajstić information content (AvgIpc) is 3.13. The molecule has 0 spiro atoms. The predicted octanol–water partition coefficient (Wildman–Crippen LogP) is 2.59. The first-order chi connectivity index (χ1) is 12.8. The molecule has 0 N–H and O–H groups in total. The molecule has 2 rings (SSSR count). The Balaban J connectivity index is 2.23. The molecule has 0 saturated carbocycles. The fourth-order valence-electron chi connectivity index (χ4n) is 2.93. The van der Waals surface area contributed by atoms with E-state index in [-0.39, 0.29) is 29.4 Å². The Morgan fingerprint density at radius 3 is 2.63 bits per heavy atom. The summed E-state index contributed by atoms with van der Waals surface area (Å²) in [7, 11) is -2.23. The van der Waals surface area contributed by atoms with E-state index in [0.29, 0.717) is 18.8 Å². The van der Waals surface area contributed by atoms with Gasteiger partial charge >= 0.3 is 10.1 Å². The van der Waals surface area contributed by atoms with Crippen LogP contribution in [0.25, 0.3) is 0 Å². The minimum absolute atomic E-state index is 0.0324. The standard InChI is InChI=1S/C19H29NO6S/c1-5-27(22,23)26-18-11-15(8-9-17(18)24-4)12-20(19(21)14(2)3)13-16-7-6-10-25-16/h8-9,11,14,16H,5-7,10,12-13H2,1-4H3/t16-/m0/s1. The third kappa shape index (κ3) is 6.10. The van der Waals surface area contributed by atoms with Gasteiger partial charge in [0.05, 0.1) is 19.0 Å². The van der Waals surface area contributed by atoms with Gasteiger partial charge in [-0.3, -0.25) is 4.79 Å². The van der Waals surface area contributed by atoms with Crippen molar-refractivity contribution in [2.24, 2.45) is 5.92 Å². The van der Waals surface area contributed by atoms with E-state index in [0.717, 1.165) is 25.0 Å². The highest BCUT2D eigenvalue weighted by molar-refractivity contribution is 7.87. The zero-order chi connectivity index (χ0) is 20.0. The smallest absolute Gasteiger partial charge is 0.309 e. The lowest BCUT2D eigenvalue weighted by Gasteiger charge is -2.27. The minimum atomic E-state index is -3.68. The van der Waals surface area contributed by atoms with Gasteiger partial charge < -0.3 is 18.6 Å². The van der Waals surface area contributed by atoms with Crippen LogP contribution in [0.4, 0.5) is 0 Å². The van der Waals surface area contributed by atoms with Crippen molar-refractivity contribution in [2.45, 2.75) is 46.3 Å². The van der Waals surface area contributed by atoms with E-state index in [4.69, 9.17) is 13.7 Å². The largest absolute Gasteiger partial charge is 0.493 e. The molecule has 1 amide bonds. The zero-order valence-corrected chi connectivity index (χ0v) is 17.3. The normalized spacial score (nSPS) is 17.1. The number of ether oxygens (including phenoxy) is 2. The van der Waals surface area contributed by atoms with E-state index >= 15 is 0 Å². The monoisotopic (exact) mass is 399 g/mol. The Bertz CT molecular complexity index is 741. The minimum Gasteiger partial charge on any atom is -0.493 e. The van der Waals surface area contributed by atoms with Crippen molar-refractivity contribution in [1.29, 1.82) is 0 Å². The second-order valence-corrected chi connectivity index (χ2v) is 8.78. The van der Waals surface area contributed by atoms with Crippen LogP contribution in [-0.4, -0.2) is 51.3 Å². The van der Waals surface area contributed by atoms with Crippen molar-refractivity contribution in [3.8, 4) is 11.5 Å². The lowest BCUT2D eigenvalue weighted by Crippen LogP contribution is -2.39. The number of carbonyl (C=O) groups is 1. The van der Waals surface area contributed by atoms with Crippen molar-refractivity contribution in [2.75, 3.05) is 26.0 Å². The number of amides is 1. The molecule has 0 bridgehead atoms. The third-order valence-corrected chi connectivity index (χ3v) is 5.57. The highest BCUT2D eigenvalue weighted by Gasteiger charge is 2.25. The van der Waals surface area contributed by atoms with E-state index in [1.165, 1.54) is 14.0 Å². The Kier molecular flexibility index (Phi) is 7.49. The van der Waals surface area contributed by atoms with E-state index in [2.05, 4.69) is 0 Å². The van der Waals surface area contributed by atoms with Crippen molar-refractivity contribution < 1.29 is 26.9 Å². The molecule has 27 heavy (non-hydrogen) atoms. The number of methoxy groups -OCH3 is 1. The molecule has 1 fully saturated rings. The van der Waals surface area contributed by atoms with Crippen LogP contribution in [0.2, 0.25) is 0 Å². The first-order valence-corrected chi connectivity index (χ1v) is 10.8. The van der Waals surface area contributed by atoms with Gasteiger partial charge in [-0.15, -0.1) is 0 Å². The summed E-state index contributed by atoms with van der Waals surface area (Å²) >= 11 is 0. The van der Waals surface area contributed by atoms with Gasteiger partial charge in [0.1, 0.15) is 0 Å². The molecule has 1 atom stereocenters. The average molecular weight is 400 g/mol.